The fraction of sp³-hybridized carbons (Fsp3) is 0. The summed E-state index contributed by atoms with van der Waals surface area (Å²) in [5, 5.41) is 7.39. The van der Waals surface area contributed by atoms with Gasteiger partial charge in [0, 0.05) is 5.69 Å². The standard InChI is InChI=1S/C11H10ClN3O4S/c12-10-9(4-5-19-10)11(16)14-7-2-1-3-8(6-7)15-20(13,17)18/h1-6,15H,(H,14,16)(H2,13,17,18). The van der Waals surface area contributed by atoms with Crippen LogP contribution in [0.4, 0.5) is 11.4 Å². The number of hydrogen-bond donors (Lipinski definition) is 3. The van der Waals surface area contributed by atoms with Crippen LogP contribution in [0.25, 0.3) is 0 Å². The average Bonchev–Trinajstić information content (AvgIpc) is 2.73. The lowest BCUT2D eigenvalue weighted by Crippen LogP contribution is -2.21. The molecule has 0 radical (unpaired) electrons. The molecule has 0 aliphatic carbocycles. The highest BCUT2D eigenvalue weighted by atomic mass is 35.5. The molecule has 1 heterocycles. The van der Waals surface area contributed by atoms with Gasteiger partial charge in [-0.1, -0.05) is 6.07 Å². The van der Waals surface area contributed by atoms with E-state index in [1.54, 1.807) is 12.1 Å². The molecule has 0 aliphatic heterocycles. The van der Waals surface area contributed by atoms with Crippen LogP contribution >= 0.6 is 11.6 Å². The molecular formula is C11H10ClN3O4S. The third kappa shape index (κ3) is 3.73. The Bertz CT molecular complexity index is 742. The summed E-state index contributed by atoms with van der Waals surface area (Å²) in [7, 11) is -3.87. The van der Waals surface area contributed by atoms with Crippen molar-refractivity contribution in [3.05, 3.63) is 47.4 Å². The fourth-order valence-corrected chi connectivity index (χ4v) is 2.13. The molecular weight excluding hydrogens is 306 g/mol. The number of nitrogens with two attached hydrogens (primary N) is 1. The Morgan fingerprint density at radius 2 is 1.95 bits per heavy atom. The second kappa shape index (κ2) is 5.53. The number of hydrogen-bond acceptors (Lipinski definition) is 4. The number of halogens is 1. The normalized spacial score (nSPS) is 11.1. The first-order chi connectivity index (χ1) is 9.35. The smallest absolute Gasteiger partial charge is 0.296 e. The predicted octanol–water partition coefficient (Wildman–Crippen LogP) is 1.80. The number of carbonyl (C=O) groups excluding carboxylic acids is 1. The van der Waals surface area contributed by atoms with Gasteiger partial charge < -0.3 is 9.73 Å². The lowest BCUT2D eigenvalue weighted by molar-refractivity contribution is 0.102. The van der Waals surface area contributed by atoms with Crippen molar-refractivity contribution in [2.24, 2.45) is 5.14 Å². The van der Waals surface area contributed by atoms with E-state index in [0.717, 1.165) is 0 Å². The molecule has 2 rings (SSSR count). The first-order valence-electron chi connectivity index (χ1n) is 5.30. The number of furan rings is 1. The minimum Gasteiger partial charge on any atom is -0.452 e. The molecule has 4 N–H and O–H groups in total. The van der Waals surface area contributed by atoms with Gasteiger partial charge in [-0.15, -0.1) is 0 Å². The zero-order valence-corrected chi connectivity index (χ0v) is 11.5. The Balaban J connectivity index is 2.16. The van der Waals surface area contributed by atoms with Gasteiger partial charge in [0.25, 0.3) is 16.1 Å². The maximum Gasteiger partial charge on any atom is 0.296 e. The van der Waals surface area contributed by atoms with Crippen LogP contribution in [0.2, 0.25) is 5.22 Å². The van der Waals surface area contributed by atoms with E-state index in [-0.39, 0.29) is 16.5 Å². The lowest BCUT2D eigenvalue weighted by atomic mass is 10.2. The summed E-state index contributed by atoms with van der Waals surface area (Å²) < 4.78 is 28.7. The first-order valence-corrected chi connectivity index (χ1v) is 7.22. The molecule has 1 aromatic heterocycles. The molecule has 1 aromatic carbocycles. The molecule has 0 atom stereocenters. The second-order valence-electron chi connectivity index (χ2n) is 3.79. The van der Waals surface area contributed by atoms with Crippen molar-refractivity contribution in [1.82, 2.24) is 0 Å². The Hall–Kier alpha value is -2.03. The van der Waals surface area contributed by atoms with Crippen molar-refractivity contribution in [3.8, 4) is 0 Å². The van der Waals surface area contributed by atoms with E-state index >= 15 is 0 Å². The Morgan fingerprint density at radius 1 is 1.25 bits per heavy atom. The van der Waals surface area contributed by atoms with Gasteiger partial charge in [0.1, 0.15) is 0 Å². The lowest BCUT2D eigenvalue weighted by Gasteiger charge is -2.07. The fourth-order valence-electron chi connectivity index (χ4n) is 1.48. The van der Waals surface area contributed by atoms with Gasteiger partial charge in [-0.05, 0) is 35.9 Å². The molecule has 0 saturated carbocycles. The maximum absolute atomic E-state index is 11.9. The maximum atomic E-state index is 11.9. The van der Waals surface area contributed by atoms with Crippen molar-refractivity contribution in [2.75, 3.05) is 10.0 Å². The summed E-state index contributed by atoms with van der Waals surface area (Å²) in [6.45, 7) is 0. The SMILES string of the molecule is NS(=O)(=O)Nc1cccc(NC(=O)c2ccoc2Cl)c1. The summed E-state index contributed by atoms with van der Waals surface area (Å²) in [4.78, 5) is 11.9. The number of benzene rings is 1. The van der Waals surface area contributed by atoms with Crippen LogP contribution in [0.15, 0.2) is 41.0 Å². The van der Waals surface area contributed by atoms with Crippen molar-refractivity contribution in [2.45, 2.75) is 0 Å². The highest BCUT2D eigenvalue weighted by Gasteiger charge is 2.13. The molecule has 20 heavy (non-hydrogen) atoms. The van der Waals surface area contributed by atoms with E-state index < -0.39 is 16.1 Å². The molecule has 0 saturated heterocycles. The van der Waals surface area contributed by atoms with Crippen LogP contribution in [0.3, 0.4) is 0 Å². The summed E-state index contributed by atoms with van der Waals surface area (Å²) in [5.41, 5.74) is 0.779. The number of anilines is 2. The monoisotopic (exact) mass is 315 g/mol. The predicted molar refractivity (Wildman–Crippen MR) is 74.8 cm³/mol. The molecule has 0 fully saturated rings. The third-order valence-electron chi connectivity index (χ3n) is 2.24. The van der Waals surface area contributed by atoms with E-state index in [4.69, 9.17) is 21.2 Å². The zero-order chi connectivity index (χ0) is 14.8. The van der Waals surface area contributed by atoms with Crippen LogP contribution < -0.4 is 15.2 Å². The van der Waals surface area contributed by atoms with Crippen LogP contribution in [-0.4, -0.2) is 14.3 Å². The molecule has 7 nitrogen and oxygen atoms in total. The van der Waals surface area contributed by atoms with Crippen LogP contribution in [0.1, 0.15) is 10.4 Å². The number of rotatable bonds is 4. The van der Waals surface area contributed by atoms with Gasteiger partial charge in [-0.2, -0.15) is 8.42 Å². The Morgan fingerprint density at radius 3 is 2.55 bits per heavy atom. The number of amides is 1. The van der Waals surface area contributed by atoms with Gasteiger partial charge in [-0.3, -0.25) is 9.52 Å². The van der Waals surface area contributed by atoms with Gasteiger partial charge in [0.15, 0.2) is 0 Å². The van der Waals surface area contributed by atoms with E-state index in [1.807, 2.05) is 0 Å². The van der Waals surface area contributed by atoms with E-state index in [2.05, 4.69) is 10.0 Å². The highest BCUT2D eigenvalue weighted by molar-refractivity contribution is 7.90. The quantitative estimate of drug-likeness (QED) is 0.798. The van der Waals surface area contributed by atoms with Crippen LogP contribution in [-0.2, 0) is 10.2 Å². The summed E-state index contributed by atoms with van der Waals surface area (Å²) in [6, 6.07) is 7.46. The van der Waals surface area contributed by atoms with Gasteiger partial charge in [0.05, 0.1) is 17.5 Å². The van der Waals surface area contributed by atoms with Crippen molar-refractivity contribution in [1.29, 1.82) is 0 Å². The zero-order valence-electron chi connectivity index (χ0n) is 9.96. The summed E-state index contributed by atoms with van der Waals surface area (Å²) >= 11 is 5.68. The molecule has 0 spiro atoms. The van der Waals surface area contributed by atoms with Crippen molar-refractivity contribution in [3.63, 3.8) is 0 Å². The minimum absolute atomic E-state index is 0.0266. The summed E-state index contributed by atoms with van der Waals surface area (Å²) in [5.74, 6) is -0.475. The van der Waals surface area contributed by atoms with Gasteiger partial charge in [-0.25, -0.2) is 5.14 Å². The van der Waals surface area contributed by atoms with Crippen molar-refractivity contribution < 1.29 is 17.6 Å². The van der Waals surface area contributed by atoms with Crippen molar-refractivity contribution >= 4 is 39.1 Å². The molecule has 106 valence electrons. The van der Waals surface area contributed by atoms with Crippen LogP contribution in [0.5, 0.6) is 0 Å². The minimum atomic E-state index is -3.87. The number of nitrogens with one attached hydrogen (secondary N) is 2. The molecule has 1 amide bonds. The largest absolute Gasteiger partial charge is 0.452 e. The summed E-state index contributed by atoms with van der Waals surface area (Å²) in [6.07, 6.45) is 1.29. The average molecular weight is 316 g/mol. The molecule has 0 bridgehead atoms. The third-order valence-corrected chi connectivity index (χ3v) is 3.06. The van der Waals surface area contributed by atoms with E-state index in [9.17, 15) is 13.2 Å². The number of carbonyl (C=O) groups is 1. The van der Waals surface area contributed by atoms with Crippen LogP contribution in [0, 0.1) is 0 Å². The Kier molecular flexibility index (Phi) is 3.98. The second-order valence-corrected chi connectivity index (χ2v) is 5.43. The van der Waals surface area contributed by atoms with Gasteiger partial charge in [0.2, 0.25) is 5.22 Å². The molecule has 0 unspecified atom stereocenters. The van der Waals surface area contributed by atoms with Gasteiger partial charge >= 0.3 is 0 Å². The topological polar surface area (TPSA) is 114 Å². The molecule has 0 aliphatic rings. The van der Waals surface area contributed by atoms with E-state index in [0.29, 0.717) is 5.69 Å². The first kappa shape index (κ1) is 14.4. The molecule has 9 heteroatoms. The highest BCUT2D eigenvalue weighted by Crippen LogP contribution is 2.20. The Labute approximate surface area is 119 Å². The van der Waals surface area contributed by atoms with E-state index in [1.165, 1.54) is 24.5 Å². The molecule has 2 aromatic rings.